The van der Waals surface area contributed by atoms with Crippen molar-refractivity contribution >= 4 is 37.7 Å². The standard InChI is InChI=1S/Ca.Mo.H2O.O.2H/h;;1H2;;;/q+2;;;;2*-1. The molecule has 0 aliphatic carbocycles. The van der Waals surface area contributed by atoms with Crippen molar-refractivity contribution in [2.45, 2.75) is 0 Å². The van der Waals surface area contributed by atoms with Gasteiger partial charge in [-0.05, 0) is 0 Å². The summed E-state index contributed by atoms with van der Waals surface area (Å²) in [7, 11) is 0. The van der Waals surface area contributed by atoms with Gasteiger partial charge in [0.25, 0.3) is 0 Å². The van der Waals surface area contributed by atoms with Gasteiger partial charge in [-0.1, -0.05) is 0 Å². The summed E-state index contributed by atoms with van der Waals surface area (Å²) in [5, 5.41) is 0. The summed E-state index contributed by atoms with van der Waals surface area (Å²) < 4.78 is 8.26. The zero-order valence-corrected chi connectivity index (χ0v) is 6.24. The van der Waals surface area contributed by atoms with Gasteiger partial charge in [-0.25, -0.2) is 0 Å². The van der Waals surface area contributed by atoms with Crippen molar-refractivity contribution in [3.63, 3.8) is 0 Å². The molecule has 0 heterocycles. The maximum absolute atomic E-state index is 8.26. The van der Waals surface area contributed by atoms with Gasteiger partial charge in [0.1, 0.15) is 0 Å². The first-order valence-electron chi connectivity index (χ1n) is 0.167. The Bertz CT molecular complexity index is 11.5. The molecule has 0 radical (unpaired) electrons. The Labute approximate surface area is 68.4 Å². The summed E-state index contributed by atoms with van der Waals surface area (Å²) in [6, 6.07) is 0. The predicted molar refractivity (Wildman–Crippen MR) is 12.3 cm³/mol. The van der Waals surface area contributed by atoms with Crippen molar-refractivity contribution in [2.75, 3.05) is 0 Å². The SMILES string of the molecule is O.[Ca+2].[H-].[H-].[O]=[Mo]. The van der Waals surface area contributed by atoms with Crippen molar-refractivity contribution in [2.24, 2.45) is 0 Å². The van der Waals surface area contributed by atoms with Gasteiger partial charge in [0.05, 0.1) is 0 Å². The van der Waals surface area contributed by atoms with Crippen LogP contribution in [0.1, 0.15) is 2.85 Å². The molecule has 0 aromatic rings. The summed E-state index contributed by atoms with van der Waals surface area (Å²) in [6.45, 7) is 0. The Balaban J connectivity index is -0.000000000833. The Hall–Kier alpha value is 1.71. The van der Waals surface area contributed by atoms with Crippen LogP contribution < -0.4 is 0 Å². The second kappa shape index (κ2) is 22.2. The van der Waals surface area contributed by atoms with Crippen LogP contribution in [0, 0.1) is 0 Å². The van der Waals surface area contributed by atoms with Crippen molar-refractivity contribution in [3.05, 3.63) is 0 Å². The molecule has 0 unspecified atom stereocenters. The Morgan fingerprint density at radius 3 is 1.50 bits per heavy atom. The first kappa shape index (κ1) is 17.3. The van der Waals surface area contributed by atoms with Crippen LogP contribution in [-0.2, 0) is 23.2 Å². The van der Waals surface area contributed by atoms with Crippen LogP contribution in [-0.4, -0.2) is 43.2 Å². The van der Waals surface area contributed by atoms with Gasteiger partial charge >= 0.3 is 60.9 Å². The van der Waals surface area contributed by atoms with E-state index in [9.17, 15) is 0 Å². The van der Waals surface area contributed by atoms with Crippen molar-refractivity contribution in [3.8, 4) is 0 Å². The number of rotatable bonds is 0. The summed E-state index contributed by atoms with van der Waals surface area (Å²) >= 11 is 0.700. The van der Waals surface area contributed by atoms with E-state index in [2.05, 4.69) is 0 Å². The predicted octanol–water partition coefficient (Wildman–Crippen LogP) is -1.10. The average Bonchev–Trinajstić information content (AvgIpc) is 1.00. The van der Waals surface area contributed by atoms with E-state index >= 15 is 0 Å². The van der Waals surface area contributed by atoms with Crippen LogP contribution in [0.2, 0.25) is 0 Å². The Morgan fingerprint density at radius 1 is 1.50 bits per heavy atom. The normalized spacial score (nSPS) is 1.00. The molecule has 0 rings (SSSR count). The molecular formula is H4CaMoO2. The molecular weight excluding hydrogens is 168 g/mol. The first-order chi connectivity index (χ1) is 1.00. The van der Waals surface area contributed by atoms with Crippen LogP contribution in [0.4, 0.5) is 0 Å². The van der Waals surface area contributed by atoms with Gasteiger partial charge in [-0.2, -0.15) is 0 Å². The minimum absolute atomic E-state index is 0. The quantitative estimate of drug-likeness (QED) is 0.428. The van der Waals surface area contributed by atoms with E-state index in [4.69, 9.17) is 3.40 Å². The molecule has 0 saturated carbocycles. The molecule has 0 spiro atoms. The Kier molecular flexibility index (Phi) is 95.7. The fourth-order valence-corrected chi connectivity index (χ4v) is 0. The summed E-state index contributed by atoms with van der Waals surface area (Å²) in [5.41, 5.74) is 0. The number of hydrogen-bond donors (Lipinski definition) is 0. The van der Waals surface area contributed by atoms with Crippen LogP contribution >= 0.6 is 0 Å². The fourth-order valence-electron chi connectivity index (χ4n) is 0. The average molecular weight is 172 g/mol. The fraction of sp³-hybridized carbons (Fsp3) is 0. The van der Waals surface area contributed by atoms with Crippen LogP contribution in [0.3, 0.4) is 0 Å². The third-order valence-electron chi connectivity index (χ3n) is 0. The topological polar surface area (TPSA) is 48.6 Å². The summed E-state index contributed by atoms with van der Waals surface area (Å²) in [5.74, 6) is 0. The van der Waals surface area contributed by atoms with Crippen LogP contribution in [0.25, 0.3) is 0 Å². The number of hydrogen-bond acceptors (Lipinski definition) is 1. The third-order valence-corrected chi connectivity index (χ3v) is 0. The van der Waals surface area contributed by atoms with Crippen molar-refractivity contribution < 1.29 is 31.5 Å². The van der Waals surface area contributed by atoms with Gasteiger partial charge in [-0.15, -0.1) is 0 Å². The molecule has 0 amide bonds. The molecule has 0 bridgehead atoms. The zero-order valence-electron chi connectivity index (χ0n) is 4.02. The van der Waals surface area contributed by atoms with Crippen LogP contribution in [0.15, 0.2) is 0 Å². The molecule has 0 aromatic heterocycles. The molecule has 24 valence electrons. The molecule has 4 heavy (non-hydrogen) atoms. The van der Waals surface area contributed by atoms with E-state index < -0.39 is 0 Å². The van der Waals surface area contributed by atoms with E-state index in [1.165, 1.54) is 0 Å². The molecule has 0 atom stereocenters. The van der Waals surface area contributed by atoms with E-state index in [0.717, 1.165) is 0 Å². The molecule has 0 aliphatic rings. The summed E-state index contributed by atoms with van der Waals surface area (Å²) in [4.78, 5) is 0. The van der Waals surface area contributed by atoms with Gasteiger partial charge in [0, 0.05) is 0 Å². The Morgan fingerprint density at radius 2 is 1.50 bits per heavy atom. The van der Waals surface area contributed by atoms with E-state index in [1.807, 2.05) is 0 Å². The first-order valence-corrected chi connectivity index (χ1v) is 0.986. The van der Waals surface area contributed by atoms with E-state index in [-0.39, 0.29) is 46.1 Å². The zero-order chi connectivity index (χ0) is 2.00. The second-order valence-corrected chi connectivity index (χ2v) is 0. The maximum atomic E-state index is 8.26. The molecule has 2 N–H and O–H groups in total. The van der Waals surface area contributed by atoms with Crippen molar-refractivity contribution in [1.29, 1.82) is 0 Å². The molecule has 4 heteroatoms. The monoisotopic (exact) mass is 174 g/mol. The third kappa shape index (κ3) is 9.32. The van der Waals surface area contributed by atoms with E-state index in [0.29, 0.717) is 19.8 Å². The minimum atomic E-state index is 0. The molecule has 0 aromatic carbocycles. The summed E-state index contributed by atoms with van der Waals surface area (Å²) in [6.07, 6.45) is 0. The molecule has 0 saturated heterocycles. The van der Waals surface area contributed by atoms with Gasteiger partial charge in [0.15, 0.2) is 0 Å². The van der Waals surface area contributed by atoms with Gasteiger partial charge < -0.3 is 8.33 Å². The van der Waals surface area contributed by atoms with E-state index in [1.54, 1.807) is 0 Å². The molecule has 2 nitrogen and oxygen atoms in total. The van der Waals surface area contributed by atoms with Crippen LogP contribution in [0.5, 0.6) is 0 Å². The van der Waals surface area contributed by atoms with Crippen molar-refractivity contribution in [1.82, 2.24) is 0 Å². The van der Waals surface area contributed by atoms with Gasteiger partial charge in [-0.3, -0.25) is 0 Å². The molecule has 0 fully saturated rings. The second-order valence-electron chi connectivity index (χ2n) is 0. The van der Waals surface area contributed by atoms with Gasteiger partial charge in [0.2, 0.25) is 0 Å². The molecule has 0 aliphatic heterocycles.